The lowest BCUT2D eigenvalue weighted by atomic mass is 10.0. The molecule has 0 fully saturated rings. The van der Waals surface area contributed by atoms with E-state index in [-0.39, 0.29) is 17.9 Å². The van der Waals surface area contributed by atoms with Crippen LogP contribution in [0.4, 0.5) is 0 Å². The maximum atomic E-state index is 10.8. The highest BCUT2D eigenvalue weighted by atomic mass is 16.2. The highest BCUT2D eigenvalue weighted by molar-refractivity contribution is 5.80. The molecule has 0 saturated heterocycles. The molecule has 0 heterocycles. The molecule has 4 nitrogen and oxygen atoms in total. The second kappa shape index (κ2) is 7.06. The number of likely N-dealkylation sites (N-methyl/N-ethyl adjacent to an activating group) is 1. The molecule has 0 aromatic rings. The van der Waals surface area contributed by atoms with Gasteiger partial charge in [0.2, 0.25) is 5.91 Å². The van der Waals surface area contributed by atoms with Crippen LogP contribution in [0.1, 0.15) is 13.8 Å². The molecule has 1 unspecified atom stereocenters. The summed E-state index contributed by atoms with van der Waals surface area (Å²) in [5.41, 5.74) is 5.16. The Morgan fingerprint density at radius 1 is 1.33 bits per heavy atom. The van der Waals surface area contributed by atoms with Gasteiger partial charge in [0.15, 0.2) is 0 Å². The summed E-state index contributed by atoms with van der Waals surface area (Å²) in [6.45, 7) is 3.96. The van der Waals surface area contributed by atoms with E-state index in [9.17, 15) is 4.79 Å². The summed E-state index contributed by atoms with van der Waals surface area (Å²) in [5.74, 6) is 0.0347. The number of carbonyl (C=O) groups excluding carboxylic acids is 1. The van der Waals surface area contributed by atoms with Crippen LogP contribution in [0, 0.1) is 5.92 Å². The quantitative estimate of drug-likeness (QED) is 0.618. The minimum absolute atomic E-state index is 0.139. The van der Waals surface area contributed by atoms with Crippen molar-refractivity contribution in [1.82, 2.24) is 4.90 Å². The van der Waals surface area contributed by atoms with E-state index in [2.05, 4.69) is 0 Å². The normalized spacial score (nSPS) is 12.3. The van der Waals surface area contributed by atoms with Crippen LogP contribution >= 0.6 is 0 Å². The van der Waals surface area contributed by atoms with Gasteiger partial charge in [0, 0.05) is 7.11 Å². The van der Waals surface area contributed by atoms with E-state index in [1.807, 2.05) is 32.8 Å². The van der Waals surface area contributed by atoms with E-state index in [1.54, 1.807) is 0 Å². The van der Waals surface area contributed by atoms with Crippen LogP contribution < -0.4 is 5.73 Å². The fourth-order valence-corrected chi connectivity index (χ4v) is 1.18. The summed E-state index contributed by atoms with van der Waals surface area (Å²) >= 11 is 0. The largest absolute Gasteiger partial charge is 0.400 e. The van der Waals surface area contributed by atoms with Crippen LogP contribution in [0.25, 0.3) is 0 Å². The molecule has 3 N–H and O–H groups in total. The van der Waals surface area contributed by atoms with Gasteiger partial charge in [0.25, 0.3) is 0 Å². The smallest absolute Gasteiger partial charge is 0.235 e. The molecule has 0 aliphatic carbocycles. The van der Waals surface area contributed by atoms with E-state index in [4.69, 9.17) is 10.8 Å². The van der Waals surface area contributed by atoms with E-state index in [0.29, 0.717) is 0 Å². The first-order chi connectivity index (χ1) is 5.46. The Morgan fingerprint density at radius 2 is 1.67 bits per heavy atom. The predicted octanol–water partition coefficient (Wildman–Crippen LogP) is -0.334. The third-order valence-electron chi connectivity index (χ3n) is 1.48. The van der Waals surface area contributed by atoms with Gasteiger partial charge in [-0.3, -0.25) is 9.69 Å². The zero-order chi connectivity index (χ0) is 10.3. The molecular weight excluding hydrogens is 156 g/mol. The van der Waals surface area contributed by atoms with Gasteiger partial charge in [-0.25, -0.2) is 0 Å². The van der Waals surface area contributed by atoms with Crippen LogP contribution in [-0.4, -0.2) is 43.2 Å². The molecule has 0 radical (unpaired) electrons. The number of hydrogen-bond acceptors (Lipinski definition) is 3. The molecule has 0 spiro atoms. The van der Waals surface area contributed by atoms with Gasteiger partial charge in [-0.1, -0.05) is 13.8 Å². The number of rotatable bonds is 3. The first-order valence-electron chi connectivity index (χ1n) is 3.87. The molecule has 0 rings (SSSR count). The van der Waals surface area contributed by atoms with Crippen molar-refractivity contribution in [3.63, 3.8) is 0 Å². The topological polar surface area (TPSA) is 66.6 Å². The maximum absolute atomic E-state index is 10.8. The highest BCUT2D eigenvalue weighted by Gasteiger charge is 2.20. The fraction of sp³-hybridized carbons (Fsp3) is 0.875. The summed E-state index contributed by atoms with van der Waals surface area (Å²) in [6.07, 6.45) is 0. The molecule has 0 saturated carbocycles. The number of nitrogens with two attached hydrogens (primary N) is 1. The monoisotopic (exact) mass is 176 g/mol. The zero-order valence-corrected chi connectivity index (χ0v) is 8.53. The van der Waals surface area contributed by atoms with Crippen molar-refractivity contribution in [2.75, 3.05) is 21.2 Å². The van der Waals surface area contributed by atoms with Crippen molar-refractivity contribution in [3.8, 4) is 0 Å². The van der Waals surface area contributed by atoms with Gasteiger partial charge in [0.05, 0.1) is 6.04 Å². The molecule has 1 amide bonds. The molecular formula is C8H20N2O2. The Balaban J connectivity index is 0. The molecule has 4 heteroatoms. The first kappa shape index (κ1) is 13.9. The average molecular weight is 176 g/mol. The number of hydrogen-bond donors (Lipinski definition) is 2. The molecule has 1 atom stereocenters. The Morgan fingerprint density at radius 3 is 1.67 bits per heavy atom. The van der Waals surface area contributed by atoms with Crippen LogP contribution in [0.2, 0.25) is 0 Å². The zero-order valence-electron chi connectivity index (χ0n) is 8.53. The summed E-state index contributed by atoms with van der Waals surface area (Å²) in [7, 11) is 4.71. The summed E-state index contributed by atoms with van der Waals surface area (Å²) in [6, 6.07) is -0.139. The van der Waals surface area contributed by atoms with E-state index in [0.717, 1.165) is 7.11 Å². The molecule has 0 bridgehead atoms. The van der Waals surface area contributed by atoms with Crippen molar-refractivity contribution in [1.29, 1.82) is 0 Å². The second-order valence-electron chi connectivity index (χ2n) is 3.05. The standard InChI is InChI=1S/C7H16N2O.CH4O/c1-5(2)6(7(8)10)9(3)4;1-2/h5-6H,1-4H3,(H2,8,10);2H,1H3. The van der Waals surface area contributed by atoms with Crippen molar-refractivity contribution in [2.45, 2.75) is 19.9 Å². The summed E-state index contributed by atoms with van der Waals surface area (Å²) < 4.78 is 0. The van der Waals surface area contributed by atoms with Gasteiger partial charge in [-0.15, -0.1) is 0 Å². The van der Waals surface area contributed by atoms with Gasteiger partial charge in [-0.2, -0.15) is 0 Å². The Labute approximate surface area is 74.4 Å². The van der Waals surface area contributed by atoms with E-state index < -0.39 is 0 Å². The lowest BCUT2D eigenvalue weighted by Crippen LogP contribution is -2.43. The molecule has 12 heavy (non-hydrogen) atoms. The summed E-state index contributed by atoms with van der Waals surface area (Å²) in [5, 5.41) is 7.00. The minimum Gasteiger partial charge on any atom is -0.400 e. The SMILES string of the molecule is CC(C)C(C(N)=O)N(C)C.CO. The summed E-state index contributed by atoms with van der Waals surface area (Å²) in [4.78, 5) is 12.6. The molecule has 74 valence electrons. The van der Waals surface area contributed by atoms with E-state index >= 15 is 0 Å². The molecule has 0 aromatic heterocycles. The van der Waals surface area contributed by atoms with Crippen molar-refractivity contribution < 1.29 is 9.90 Å². The second-order valence-corrected chi connectivity index (χ2v) is 3.05. The van der Waals surface area contributed by atoms with Crippen LogP contribution in [0.5, 0.6) is 0 Å². The number of nitrogens with zero attached hydrogens (tertiary/aromatic N) is 1. The van der Waals surface area contributed by atoms with Gasteiger partial charge >= 0.3 is 0 Å². The van der Waals surface area contributed by atoms with Crippen molar-refractivity contribution in [2.24, 2.45) is 11.7 Å². The number of primary amides is 1. The third kappa shape index (κ3) is 5.09. The number of amides is 1. The van der Waals surface area contributed by atoms with Crippen LogP contribution in [-0.2, 0) is 4.79 Å². The third-order valence-corrected chi connectivity index (χ3v) is 1.48. The maximum Gasteiger partial charge on any atom is 0.235 e. The van der Waals surface area contributed by atoms with Crippen LogP contribution in [0.3, 0.4) is 0 Å². The number of aliphatic hydroxyl groups excluding tert-OH is 1. The van der Waals surface area contributed by atoms with Crippen molar-refractivity contribution in [3.05, 3.63) is 0 Å². The van der Waals surface area contributed by atoms with Gasteiger partial charge in [-0.05, 0) is 20.0 Å². The Kier molecular flexibility index (Phi) is 8.21. The van der Waals surface area contributed by atoms with Crippen LogP contribution in [0.15, 0.2) is 0 Å². The Hall–Kier alpha value is -0.610. The highest BCUT2D eigenvalue weighted by Crippen LogP contribution is 2.05. The number of carbonyl (C=O) groups is 1. The predicted molar refractivity (Wildman–Crippen MR) is 49.7 cm³/mol. The van der Waals surface area contributed by atoms with Crippen molar-refractivity contribution >= 4 is 5.91 Å². The van der Waals surface area contributed by atoms with E-state index in [1.165, 1.54) is 0 Å². The fourth-order valence-electron chi connectivity index (χ4n) is 1.18. The minimum atomic E-state index is -0.250. The van der Waals surface area contributed by atoms with Gasteiger partial charge in [0.1, 0.15) is 0 Å². The van der Waals surface area contributed by atoms with Gasteiger partial charge < -0.3 is 10.8 Å². The first-order valence-corrected chi connectivity index (χ1v) is 3.87. The average Bonchev–Trinajstić information content (AvgIpc) is 1.88. The molecule has 0 aliphatic heterocycles. The lowest BCUT2D eigenvalue weighted by Gasteiger charge is -2.24. The molecule has 0 aliphatic rings. The Bertz CT molecular complexity index is 116. The number of aliphatic hydroxyl groups is 1. The lowest BCUT2D eigenvalue weighted by molar-refractivity contribution is -0.123. The molecule has 0 aromatic carbocycles.